The van der Waals surface area contributed by atoms with E-state index in [-0.39, 0.29) is 16.5 Å². The second-order valence-electron chi connectivity index (χ2n) is 3.97. The molecule has 0 aliphatic heterocycles. The molecule has 3 rings (SSSR count). The summed E-state index contributed by atoms with van der Waals surface area (Å²) in [5.41, 5.74) is 0. The van der Waals surface area contributed by atoms with Gasteiger partial charge in [0.2, 0.25) is 0 Å². The van der Waals surface area contributed by atoms with Crippen molar-refractivity contribution in [2.75, 3.05) is 0 Å². The van der Waals surface area contributed by atoms with Crippen molar-refractivity contribution in [1.29, 1.82) is 0 Å². The number of hydrogen-bond donors (Lipinski definition) is 0. The molecular weight excluding hydrogens is 346 g/mol. The van der Waals surface area contributed by atoms with Crippen molar-refractivity contribution >= 4 is 10.8 Å². The van der Waals surface area contributed by atoms with Crippen LogP contribution in [0, 0.1) is 41.2 Å². The molecule has 0 aliphatic rings. The Balaban J connectivity index is 0.000000211. The van der Waals surface area contributed by atoms with Crippen molar-refractivity contribution in [1.82, 2.24) is 0 Å². The molecule has 0 aromatic heterocycles. The molecule has 0 saturated carbocycles. The summed E-state index contributed by atoms with van der Waals surface area (Å²) >= 11 is 0. The van der Waals surface area contributed by atoms with E-state index in [4.69, 9.17) is 0 Å². The fourth-order valence-electron chi connectivity index (χ4n) is 1.57. The van der Waals surface area contributed by atoms with Gasteiger partial charge in [-0.2, -0.15) is 24.3 Å². The van der Waals surface area contributed by atoms with Gasteiger partial charge < -0.3 is 0 Å². The van der Waals surface area contributed by atoms with Gasteiger partial charge in [0.05, 0.1) is 29.1 Å². The Morgan fingerprint density at radius 1 is 0.682 bits per heavy atom. The van der Waals surface area contributed by atoms with E-state index >= 15 is 0 Å². The van der Waals surface area contributed by atoms with E-state index in [2.05, 4.69) is 24.3 Å². The molecule has 0 nitrogen and oxygen atoms in total. The van der Waals surface area contributed by atoms with Crippen molar-refractivity contribution in [3.05, 3.63) is 83.7 Å². The monoisotopic (exact) mass is 352 g/mol. The summed E-state index contributed by atoms with van der Waals surface area (Å²) in [5, 5.41) is 2.53. The van der Waals surface area contributed by atoms with Gasteiger partial charge in [-0.1, -0.05) is 18.2 Å². The molecule has 3 aromatic carbocycles. The fraction of sp³-hybridized carbons (Fsp3) is 0. The Morgan fingerprint density at radius 2 is 1.23 bits per heavy atom. The van der Waals surface area contributed by atoms with Gasteiger partial charge in [-0.25, -0.2) is 13.2 Å². The Hall–Kier alpha value is -1.94. The first-order valence-corrected chi connectivity index (χ1v) is 5.76. The first-order valence-electron chi connectivity index (χ1n) is 5.76. The van der Waals surface area contributed by atoms with Crippen LogP contribution in [-0.2, 0) is 16.5 Å². The molecule has 0 unspecified atom stereocenters. The minimum Gasteiger partial charge on any atom is -0.278 e. The van der Waals surface area contributed by atoms with Crippen molar-refractivity contribution in [2.45, 2.75) is 0 Å². The molecule has 0 N–H and O–H groups in total. The maximum atomic E-state index is 12.0. The molecule has 0 heterocycles. The molecule has 116 valence electrons. The third-order valence-corrected chi connectivity index (χ3v) is 2.58. The summed E-state index contributed by atoms with van der Waals surface area (Å²) in [6.07, 6.45) is 0. The number of benzene rings is 3. The number of hydrogen-bond acceptors (Lipinski definition) is 0. The molecule has 6 heteroatoms. The molecule has 0 spiro atoms. The third-order valence-electron chi connectivity index (χ3n) is 2.58. The summed E-state index contributed by atoms with van der Waals surface area (Å²) < 4.78 is 59.9. The average Bonchev–Trinajstić information content (AvgIpc) is 2.52. The zero-order valence-corrected chi connectivity index (χ0v) is 11.7. The normalized spacial score (nSPS) is 9.68. The zero-order valence-electron chi connectivity index (χ0n) is 10.7. The van der Waals surface area contributed by atoms with Gasteiger partial charge in [0.25, 0.3) is 0 Å². The largest absolute Gasteiger partial charge is 2.00 e. The fourth-order valence-corrected chi connectivity index (χ4v) is 1.57. The van der Waals surface area contributed by atoms with E-state index in [1.54, 1.807) is 0 Å². The van der Waals surface area contributed by atoms with E-state index in [9.17, 15) is 22.0 Å². The van der Waals surface area contributed by atoms with Gasteiger partial charge >= 0.3 is 16.5 Å². The standard InChI is InChI=1S/C10H7.C6F5.Ni/c1-2-6-10-8-4-3-7-9(10)5-1;7-2-1-3(8)5(10)6(11)4(2)9;/h1-3,5-8H;;/q2*-1;+2. The first-order chi connectivity index (χ1) is 10.0. The second kappa shape index (κ2) is 7.90. The molecule has 3 aromatic rings. The zero-order chi connectivity index (χ0) is 15.4. The SMILES string of the molecule is Fc1[c-]c(F)c(F)c(F)c1F.[Ni+2].[c-]1ccc2ccccc2c1. The van der Waals surface area contributed by atoms with Crippen molar-refractivity contribution in [3.63, 3.8) is 0 Å². The van der Waals surface area contributed by atoms with Gasteiger partial charge in [-0.15, -0.1) is 22.9 Å². The van der Waals surface area contributed by atoms with Crippen molar-refractivity contribution < 1.29 is 38.4 Å². The Morgan fingerprint density at radius 3 is 1.77 bits per heavy atom. The van der Waals surface area contributed by atoms with Crippen LogP contribution in [0.15, 0.2) is 42.5 Å². The third kappa shape index (κ3) is 4.04. The van der Waals surface area contributed by atoms with Gasteiger partial charge in [0, 0.05) is 0 Å². The van der Waals surface area contributed by atoms with E-state index in [0.29, 0.717) is 0 Å². The van der Waals surface area contributed by atoms with Crippen LogP contribution >= 0.6 is 0 Å². The van der Waals surface area contributed by atoms with E-state index < -0.39 is 29.1 Å². The van der Waals surface area contributed by atoms with Gasteiger partial charge in [0.1, 0.15) is 0 Å². The maximum absolute atomic E-state index is 12.0. The molecule has 0 bridgehead atoms. The Labute approximate surface area is 133 Å². The van der Waals surface area contributed by atoms with Crippen molar-refractivity contribution in [3.8, 4) is 0 Å². The van der Waals surface area contributed by atoms with Crippen molar-refractivity contribution in [2.24, 2.45) is 0 Å². The molecule has 0 amide bonds. The summed E-state index contributed by atoms with van der Waals surface area (Å²) in [6.45, 7) is 0. The van der Waals surface area contributed by atoms with Crippen LogP contribution in [-0.4, -0.2) is 0 Å². The molecule has 0 aliphatic carbocycles. The van der Waals surface area contributed by atoms with E-state index in [1.165, 1.54) is 10.8 Å². The predicted molar refractivity (Wildman–Crippen MR) is 67.9 cm³/mol. The maximum Gasteiger partial charge on any atom is 2.00 e. The van der Waals surface area contributed by atoms with Gasteiger partial charge in [0.15, 0.2) is 0 Å². The van der Waals surface area contributed by atoms with Gasteiger partial charge in [-0.3, -0.25) is 8.78 Å². The van der Waals surface area contributed by atoms with Gasteiger partial charge in [-0.05, 0) is 0 Å². The Kier molecular flexibility index (Phi) is 6.50. The number of fused-ring (bicyclic) bond motifs is 1. The number of halogens is 5. The molecule has 0 fully saturated rings. The molecule has 0 radical (unpaired) electrons. The van der Waals surface area contributed by atoms with Crippen LogP contribution < -0.4 is 0 Å². The second-order valence-corrected chi connectivity index (χ2v) is 3.97. The smallest absolute Gasteiger partial charge is 0.278 e. The quantitative estimate of drug-likeness (QED) is 0.179. The molecule has 22 heavy (non-hydrogen) atoms. The van der Waals surface area contributed by atoms with Crippen LogP contribution in [0.5, 0.6) is 0 Å². The molecular formula is C16H7F5Ni. The molecule has 0 atom stereocenters. The van der Waals surface area contributed by atoms with Crippen LogP contribution in [0.1, 0.15) is 0 Å². The summed E-state index contributed by atoms with van der Waals surface area (Å²) in [5.74, 6) is -10.0. The minimum atomic E-state index is -2.17. The topological polar surface area (TPSA) is 0 Å². The van der Waals surface area contributed by atoms with Crippen LogP contribution in [0.3, 0.4) is 0 Å². The van der Waals surface area contributed by atoms with Crippen LogP contribution in [0.2, 0.25) is 0 Å². The minimum absolute atomic E-state index is 0. The van der Waals surface area contributed by atoms with E-state index in [0.717, 1.165) is 6.07 Å². The van der Waals surface area contributed by atoms with Crippen LogP contribution in [0.25, 0.3) is 10.8 Å². The predicted octanol–water partition coefficient (Wildman–Crippen LogP) is 4.82. The summed E-state index contributed by atoms with van der Waals surface area (Å²) in [6, 6.07) is 18.3. The summed E-state index contributed by atoms with van der Waals surface area (Å²) in [7, 11) is 0. The first kappa shape index (κ1) is 18.1. The number of rotatable bonds is 0. The summed E-state index contributed by atoms with van der Waals surface area (Å²) in [4.78, 5) is 0. The van der Waals surface area contributed by atoms with E-state index in [1.807, 2.05) is 24.3 Å². The molecule has 0 saturated heterocycles. The Bertz CT molecular complexity index is 682. The average molecular weight is 353 g/mol. The van der Waals surface area contributed by atoms with Crippen LogP contribution in [0.4, 0.5) is 22.0 Å².